The number of rotatable bonds is 3. The number of aliphatic carboxylic acids is 1. The van der Waals surface area contributed by atoms with Crippen molar-refractivity contribution < 1.29 is 23.1 Å². The normalized spacial score (nSPS) is 19.2. The maximum Gasteiger partial charge on any atom is 0.437 e. The molecular weight excluding hydrogens is 177 g/mol. The molecule has 0 amide bonds. The Hall–Kier alpha value is -1.14. The highest BCUT2D eigenvalue weighted by Gasteiger charge is 2.63. The summed E-state index contributed by atoms with van der Waals surface area (Å²) < 4.78 is 35.9. The van der Waals surface area contributed by atoms with Crippen molar-refractivity contribution in [3.63, 3.8) is 0 Å². The van der Waals surface area contributed by atoms with Gasteiger partial charge in [-0.15, -0.1) is 10.2 Å². The molecular formula is C5H5F3N2O2. The molecule has 1 heterocycles. The summed E-state index contributed by atoms with van der Waals surface area (Å²) in [4.78, 5) is 9.95. The monoisotopic (exact) mass is 182 g/mol. The van der Waals surface area contributed by atoms with E-state index >= 15 is 0 Å². The van der Waals surface area contributed by atoms with E-state index in [1.807, 2.05) is 0 Å². The molecule has 0 fully saturated rings. The third-order valence-electron chi connectivity index (χ3n) is 1.48. The zero-order valence-corrected chi connectivity index (χ0v) is 5.80. The van der Waals surface area contributed by atoms with Crippen LogP contribution in [0.4, 0.5) is 13.2 Å². The van der Waals surface area contributed by atoms with Crippen LogP contribution < -0.4 is 0 Å². The van der Waals surface area contributed by atoms with Crippen molar-refractivity contribution in [1.82, 2.24) is 0 Å². The maximum absolute atomic E-state index is 12.0. The van der Waals surface area contributed by atoms with Gasteiger partial charge in [0.05, 0.1) is 0 Å². The van der Waals surface area contributed by atoms with E-state index in [-0.39, 0.29) is 0 Å². The van der Waals surface area contributed by atoms with E-state index in [0.717, 1.165) is 0 Å². The van der Waals surface area contributed by atoms with Crippen molar-refractivity contribution in [2.24, 2.45) is 10.2 Å². The summed E-state index contributed by atoms with van der Waals surface area (Å²) in [7, 11) is 0. The largest absolute Gasteiger partial charge is 0.481 e. The molecule has 0 spiro atoms. The first-order valence-electron chi connectivity index (χ1n) is 3.10. The van der Waals surface area contributed by atoms with E-state index in [1.165, 1.54) is 0 Å². The van der Waals surface area contributed by atoms with Crippen LogP contribution in [0.15, 0.2) is 10.2 Å². The lowest BCUT2D eigenvalue weighted by molar-refractivity contribution is -0.166. The minimum atomic E-state index is -4.55. The number of carboxylic acid groups (broad SMARTS) is 1. The Morgan fingerprint density at radius 1 is 1.42 bits per heavy atom. The Balaban J connectivity index is 2.46. The molecule has 4 nitrogen and oxygen atoms in total. The van der Waals surface area contributed by atoms with E-state index in [9.17, 15) is 18.0 Å². The molecule has 0 atom stereocenters. The molecule has 0 radical (unpaired) electrons. The van der Waals surface area contributed by atoms with Crippen LogP contribution in [0.3, 0.4) is 0 Å². The third-order valence-corrected chi connectivity index (χ3v) is 1.48. The lowest BCUT2D eigenvalue weighted by Gasteiger charge is -2.12. The van der Waals surface area contributed by atoms with Gasteiger partial charge < -0.3 is 5.11 Å². The molecule has 0 aromatic rings. The predicted octanol–water partition coefficient (Wildman–Crippen LogP) is 1.58. The molecule has 0 saturated carbocycles. The zero-order chi connectivity index (χ0) is 9.41. The third kappa shape index (κ3) is 1.54. The fourth-order valence-corrected chi connectivity index (χ4v) is 0.697. The molecule has 1 aliphatic heterocycles. The number of alkyl halides is 3. The zero-order valence-electron chi connectivity index (χ0n) is 5.80. The Bertz CT molecular complexity index is 229. The van der Waals surface area contributed by atoms with Crippen LogP contribution in [0.25, 0.3) is 0 Å². The smallest absolute Gasteiger partial charge is 0.437 e. The van der Waals surface area contributed by atoms with Crippen molar-refractivity contribution >= 4 is 5.97 Å². The Morgan fingerprint density at radius 3 is 2.17 bits per heavy atom. The van der Waals surface area contributed by atoms with E-state index in [1.54, 1.807) is 0 Å². The second kappa shape index (κ2) is 2.43. The number of hydrogen-bond donors (Lipinski definition) is 1. The average Bonchev–Trinajstić information content (AvgIpc) is 2.60. The van der Waals surface area contributed by atoms with Crippen molar-refractivity contribution in [2.75, 3.05) is 0 Å². The highest BCUT2D eigenvalue weighted by molar-refractivity contribution is 5.66. The minimum absolute atomic E-state index is 0.577. The maximum atomic E-state index is 12.0. The number of halogens is 3. The molecule has 0 aliphatic carbocycles. The Morgan fingerprint density at radius 2 is 1.92 bits per heavy atom. The summed E-state index contributed by atoms with van der Waals surface area (Å²) in [6, 6.07) is 0. The summed E-state index contributed by atoms with van der Waals surface area (Å²) in [5.41, 5.74) is -2.41. The minimum Gasteiger partial charge on any atom is -0.481 e. The van der Waals surface area contributed by atoms with Crippen molar-refractivity contribution in [1.29, 1.82) is 0 Å². The van der Waals surface area contributed by atoms with Crippen LogP contribution in [0, 0.1) is 0 Å². The molecule has 0 aromatic carbocycles. The second-order valence-corrected chi connectivity index (χ2v) is 2.41. The summed E-state index contributed by atoms with van der Waals surface area (Å²) in [5.74, 6) is -1.28. The van der Waals surface area contributed by atoms with Gasteiger partial charge in [0.2, 0.25) is 0 Å². The fourth-order valence-electron chi connectivity index (χ4n) is 0.697. The Labute approximate surface area is 65.1 Å². The molecule has 0 unspecified atom stereocenters. The van der Waals surface area contributed by atoms with Gasteiger partial charge in [-0.3, -0.25) is 4.79 Å². The van der Waals surface area contributed by atoms with Gasteiger partial charge in [0.15, 0.2) is 0 Å². The van der Waals surface area contributed by atoms with Gasteiger partial charge in [-0.1, -0.05) is 0 Å². The fraction of sp³-hybridized carbons (Fsp3) is 0.800. The molecule has 1 aliphatic rings. The van der Waals surface area contributed by atoms with Crippen molar-refractivity contribution in [2.45, 2.75) is 24.7 Å². The topological polar surface area (TPSA) is 62.0 Å². The van der Waals surface area contributed by atoms with Gasteiger partial charge in [0, 0.05) is 12.8 Å². The summed E-state index contributed by atoms with van der Waals surface area (Å²) in [5, 5.41) is 13.7. The lowest BCUT2D eigenvalue weighted by Crippen LogP contribution is -2.33. The number of nitrogens with zero attached hydrogens (tertiary/aromatic N) is 2. The molecule has 0 aromatic heterocycles. The van der Waals surface area contributed by atoms with Crippen molar-refractivity contribution in [3.8, 4) is 0 Å². The molecule has 0 bridgehead atoms. The summed E-state index contributed by atoms with van der Waals surface area (Å²) in [6.45, 7) is 0. The molecule has 12 heavy (non-hydrogen) atoms. The van der Waals surface area contributed by atoms with Crippen LogP contribution in [0.1, 0.15) is 12.8 Å². The van der Waals surface area contributed by atoms with Gasteiger partial charge in [0.1, 0.15) is 0 Å². The van der Waals surface area contributed by atoms with E-state index in [0.29, 0.717) is 0 Å². The van der Waals surface area contributed by atoms with Gasteiger partial charge in [-0.25, -0.2) is 0 Å². The lowest BCUT2D eigenvalue weighted by atomic mass is 10.1. The molecule has 0 saturated heterocycles. The molecule has 1 rings (SSSR count). The van der Waals surface area contributed by atoms with Gasteiger partial charge in [-0.05, 0) is 0 Å². The first-order chi connectivity index (χ1) is 5.37. The summed E-state index contributed by atoms with van der Waals surface area (Å²) in [6.07, 6.45) is -5.74. The second-order valence-electron chi connectivity index (χ2n) is 2.41. The number of hydrogen-bond acceptors (Lipinski definition) is 3. The first-order valence-corrected chi connectivity index (χ1v) is 3.10. The highest BCUT2D eigenvalue weighted by atomic mass is 19.4. The van der Waals surface area contributed by atoms with E-state index < -0.39 is 30.7 Å². The summed E-state index contributed by atoms with van der Waals surface area (Å²) >= 11 is 0. The Kier molecular flexibility index (Phi) is 1.81. The van der Waals surface area contributed by atoms with Crippen LogP contribution >= 0.6 is 0 Å². The molecule has 7 heteroatoms. The number of carbonyl (C=O) groups is 1. The van der Waals surface area contributed by atoms with Gasteiger partial charge >= 0.3 is 12.1 Å². The SMILES string of the molecule is O=C(O)CCC1(C(F)(F)F)N=N1. The van der Waals surface area contributed by atoms with E-state index in [2.05, 4.69) is 10.2 Å². The molecule has 1 N–H and O–H groups in total. The number of carboxylic acids is 1. The van der Waals surface area contributed by atoms with Crippen LogP contribution in [0.2, 0.25) is 0 Å². The van der Waals surface area contributed by atoms with Crippen LogP contribution in [0.5, 0.6) is 0 Å². The standard InChI is InChI=1S/C5H5F3N2O2/c6-5(7,8)4(9-10-4)2-1-3(11)12/h1-2H2,(H,11,12). The van der Waals surface area contributed by atoms with Gasteiger partial charge in [0.25, 0.3) is 5.66 Å². The van der Waals surface area contributed by atoms with Crippen molar-refractivity contribution in [3.05, 3.63) is 0 Å². The first kappa shape index (κ1) is 8.95. The van der Waals surface area contributed by atoms with E-state index in [4.69, 9.17) is 5.11 Å². The van der Waals surface area contributed by atoms with Gasteiger partial charge in [-0.2, -0.15) is 13.2 Å². The quantitative estimate of drug-likeness (QED) is 0.720. The molecule has 68 valence electrons. The predicted molar refractivity (Wildman–Crippen MR) is 30.5 cm³/mol. The van der Waals surface area contributed by atoms with Crippen LogP contribution in [-0.4, -0.2) is 22.9 Å². The highest BCUT2D eigenvalue weighted by Crippen LogP contribution is 2.47. The van der Waals surface area contributed by atoms with Crippen LogP contribution in [-0.2, 0) is 4.79 Å². The average molecular weight is 182 g/mol.